The Morgan fingerprint density at radius 2 is 1.77 bits per heavy atom. The first-order valence-corrected chi connectivity index (χ1v) is 13.4. The summed E-state index contributed by atoms with van der Waals surface area (Å²) in [6.07, 6.45) is 2.36. The third-order valence-corrected chi connectivity index (χ3v) is 7.86. The molecule has 2 aromatic rings. The first-order valence-electron chi connectivity index (χ1n) is 13.4. The first kappa shape index (κ1) is 27.7. The molecule has 5 rings (SSSR count). The minimum absolute atomic E-state index is 0.109. The largest absolute Gasteiger partial charge is 0.493 e. The van der Waals surface area contributed by atoms with Crippen molar-refractivity contribution in [2.45, 2.75) is 50.5 Å². The Morgan fingerprint density at radius 3 is 2.42 bits per heavy atom. The molecular formula is C31H34FNO7. The maximum atomic E-state index is 13.9. The van der Waals surface area contributed by atoms with Crippen LogP contribution in [0.15, 0.2) is 58.9 Å². The lowest BCUT2D eigenvalue weighted by Crippen LogP contribution is -2.36. The summed E-state index contributed by atoms with van der Waals surface area (Å²) in [5.74, 6) is -0.665. The highest BCUT2D eigenvalue weighted by molar-refractivity contribution is 6.04. The molecule has 1 saturated heterocycles. The lowest BCUT2D eigenvalue weighted by atomic mass is 9.71. The summed E-state index contributed by atoms with van der Waals surface area (Å²) in [7, 11) is 4.55. The van der Waals surface area contributed by atoms with E-state index in [2.05, 4.69) is 5.32 Å². The topological polar surface area (TPSA) is 92.3 Å². The van der Waals surface area contributed by atoms with E-state index in [1.54, 1.807) is 31.2 Å². The number of hydrogen-bond donors (Lipinski definition) is 1. The number of esters is 1. The van der Waals surface area contributed by atoms with Gasteiger partial charge in [0, 0.05) is 35.6 Å². The van der Waals surface area contributed by atoms with Gasteiger partial charge in [-0.25, -0.2) is 9.18 Å². The lowest BCUT2D eigenvalue weighted by Gasteiger charge is -2.37. The standard InChI is InChI=1S/C31H34FNO7/c1-17-26(31(35)40-16-21-6-5-13-39-21)27(22-11-12-25(36-2)30(38-4)29(22)37-3)28-23(33-17)14-19(15-24(28)34)18-7-9-20(32)10-8-18/h7-12,19,21,27,33H,5-6,13-16H2,1-4H3/t19-,21+,27+/m1/s1. The van der Waals surface area contributed by atoms with Gasteiger partial charge in [-0.3, -0.25) is 4.79 Å². The normalized spacial score (nSPS) is 22.5. The van der Waals surface area contributed by atoms with Crippen molar-refractivity contribution in [1.82, 2.24) is 5.32 Å². The maximum Gasteiger partial charge on any atom is 0.336 e. The van der Waals surface area contributed by atoms with E-state index in [1.165, 1.54) is 33.5 Å². The van der Waals surface area contributed by atoms with Gasteiger partial charge in [0.05, 0.1) is 38.9 Å². The summed E-state index contributed by atoms with van der Waals surface area (Å²) in [5, 5.41) is 3.34. The van der Waals surface area contributed by atoms with Gasteiger partial charge in [-0.2, -0.15) is 0 Å². The second kappa shape index (κ2) is 11.7. The molecule has 2 aliphatic heterocycles. The highest BCUT2D eigenvalue weighted by Gasteiger charge is 2.43. The second-order valence-corrected chi connectivity index (χ2v) is 10.2. The van der Waals surface area contributed by atoms with Crippen molar-refractivity contribution in [3.8, 4) is 17.2 Å². The number of hydrogen-bond acceptors (Lipinski definition) is 8. The lowest BCUT2D eigenvalue weighted by molar-refractivity contribution is -0.142. The summed E-state index contributed by atoms with van der Waals surface area (Å²) in [6, 6.07) is 9.77. The van der Waals surface area contributed by atoms with E-state index in [0.29, 0.717) is 52.7 Å². The number of Topliss-reactive ketones (excluding diaryl/α,β-unsaturated/α-hetero) is 1. The highest BCUT2D eigenvalue weighted by Crippen LogP contribution is 2.51. The predicted molar refractivity (Wildman–Crippen MR) is 145 cm³/mol. The van der Waals surface area contributed by atoms with Gasteiger partial charge < -0.3 is 29.0 Å². The Bertz CT molecular complexity index is 1360. The number of rotatable bonds is 8. The quantitative estimate of drug-likeness (QED) is 0.462. The van der Waals surface area contributed by atoms with Crippen LogP contribution in [0, 0.1) is 5.82 Å². The van der Waals surface area contributed by atoms with Crippen molar-refractivity contribution in [2.24, 2.45) is 0 Å². The molecule has 9 heteroatoms. The van der Waals surface area contributed by atoms with Crippen LogP contribution in [-0.4, -0.2) is 52.4 Å². The summed E-state index contributed by atoms with van der Waals surface area (Å²) in [4.78, 5) is 27.6. The van der Waals surface area contributed by atoms with Crippen LogP contribution < -0.4 is 19.5 Å². The zero-order valence-corrected chi connectivity index (χ0v) is 23.2. The van der Waals surface area contributed by atoms with Crippen molar-refractivity contribution in [3.63, 3.8) is 0 Å². The number of ketones is 1. The van der Waals surface area contributed by atoms with E-state index in [4.69, 9.17) is 23.7 Å². The van der Waals surface area contributed by atoms with E-state index < -0.39 is 11.9 Å². The van der Waals surface area contributed by atoms with E-state index in [1.807, 2.05) is 0 Å². The van der Waals surface area contributed by atoms with Gasteiger partial charge in [0.1, 0.15) is 12.4 Å². The Morgan fingerprint density at radius 1 is 1.02 bits per heavy atom. The zero-order valence-electron chi connectivity index (χ0n) is 23.2. The molecule has 1 N–H and O–H groups in total. The van der Waals surface area contributed by atoms with E-state index in [9.17, 15) is 14.0 Å². The SMILES string of the molecule is COc1ccc([C@H]2C(C(=O)OC[C@@H]3CCCO3)=C(C)NC3=C2C(=O)C[C@H](c2ccc(F)cc2)C3)c(OC)c1OC. The average molecular weight is 552 g/mol. The molecule has 3 aliphatic rings. The molecule has 3 atom stereocenters. The van der Waals surface area contributed by atoms with Crippen LogP contribution in [-0.2, 0) is 19.1 Å². The molecular weight excluding hydrogens is 517 g/mol. The molecule has 212 valence electrons. The van der Waals surface area contributed by atoms with Gasteiger partial charge in [-0.15, -0.1) is 0 Å². The number of carbonyl (C=O) groups excluding carboxylic acids is 2. The third-order valence-electron chi connectivity index (χ3n) is 7.86. The monoisotopic (exact) mass is 551 g/mol. The molecule has 0 spiro atoms. The zero-order chi connectivity index (χ0) is 28.4. The fourth-order valence-electron chi connectivity index (χ4n) is 5.97. The summed E-state index contributed by atoms with van der Waals surface area (Å²) >= 11 is 0. The molecule has 2 aromatic carbocycles. The number of carbonyl (C=O) groups is 2. The number of ether oxygens (including phenoxy) is 5. The maximum absolute atomic E-state index is 13.9. The Balaban J connectivity index is 1.59. The Labute approximate surface area is 233 Å². The smallest absolute Gasteiger partial charge is 0.336 e. The summed E-state index contributed by atoms with van der Waals surface area (Å²) in [5.41, 5.74) is 3.60. The fourth-order valence-corrected chi connectivity index (χ4v) is 5.97. The minimum atomic E-state index is -0.760. The molecule has 1 aliphatic carbocycles. The van der Waals surface area contributed by atoms with Crippen LogP contribution in [0.25, 0.3) is 0 Å². The summed E-state index contributed by atoms with van der Waals surface area (Å²) in [6.45, 7) is 2.59. The molecule has 0 unspecified atom stereocenters. The molecule has 0 amide bonds. The van der Waals surface area contributed by atoms with Gasteiger partial charge in [0.2, 0.25) is 5.75 Å². The van der Waals surface area contributed by atoms with Gasteiger partial charge in [-0.05, 0) is 55.9 Å². The van der Waals surface area contributed by atoms with E-state index in [-0.39, 0.29) is 36.7 Å². The minimum Gasteiger partial charge on any atom is -0.493 e. The fraction of sp³-hybridized carbons (Fsp3) is 0.419. The van der Waals surface area contributed by atoms with E-state index in [0.717, 1.165) is 24.1 Å². The predicted octanol–water partition coefficient (Wildman–Crippen LogP) is 4.94. The van der Waals surface area contributed by atoms with Crippen LogP contribution in [0.3, 0.4) is 0 Å². The molecule has 1 fully saturated rings. The molecule has 0 bridgehead atoms. The number of dihydropyridines is 1. The molecule has 0 radical (unpaired) electrons. The van der Waals surface area contributed by atoms with Crippen molar-refractivity contribution in [2.75, 3.05) is 34.5 Å². The van der Waals surface area contributed by atoms with Crippen molar-refractivity contribution in [3.05, 3.63) is 75.9 Å². The van der Waals surface area contributed by atoms with Crippen LogP contribution >= 0.6 is 0 Å². The summed E-state index contributed by atoms with van der Waals surface area (Å²) < 4.78 is 41.9. The Hall–Kier alpha value is -3.85. The number of halogens is 1. The van der Waals surface area contributed by atoms with Crippen LogP contribution in [0.4, 0.5) is 4.39 Å². The highest BCUT2D eigenvalue weighted by atomic mass is 19.1. The second-order valence-electron chi connectivity index (χ2n) is 10.2. The Kier molecular flexibility index (Phi) is 8.12. The van der Waals surface area contributed by atoms with Gasteiger partial charge in [-0.1, -0.05) is 18.2 Å². The molecule has 2 heterocycles. The molecule has 0 saturated carbocycles. The molecule has 0 aromatic heterocycles. The molecule has 8 nitrogen and oxygen atoms in total. The number of benzene rings is 2. The van der Waals surface area contributed by atoms with Crippen LogP contribution in [0.1, 0.15) is 55.6 Å². The van der Waals surface area contributed by atoms with Crippen molar-refractivity contribution in [1.29, 1.82) is 0 Å². The van der Waals surface area contributed by atoms with Gasteiger partial charge in [0.25, 0.3) is 0 Å². The third kappa shape index (κ3) is 5.18. The molecule has 40 heavy (non-hydrogen) atoms. The number of nitrogens with one attached hydrogen (secondary N) is 1. The first-order chi connectivity index (χ1) is 19.4. The number of allylic oxidation sites excluding steroid dienone is 3. The van der Waals surface area contributed by atoms with Gasteiger partial charge in [0.15, 0.2) is 17.3 Å². The van der Waals surface area contributed by atoms with Gasteiger partial charge >= 0.3 is 5.97 Å². The number of methoxy groups -OCH3 is 3. The van der Waals surface area contributed by atoms with Crippen LogP contribution in [0.2, 0.25) is 0 Å². The van der Waals surface area contributed by atoms with Crippen molar-refractivity contribution < 1.29 is 37.7 Å². The van der Waals surface area contributed by atoms with Crippen LogP contribution in [0.5, 0.6) is 17.2 Å². The average Bonchev–Trinajstić information content (AvgIpc) is 3.48. The van der Waals surface area contributed by atoms with Crippen molar-refractivity contribution >= 4 is 11.8 Å². The van der Waals surface area contributed by atoms with E-state index >= 15 is 0 Å².